The number of nitrogens with zero attached hydrogens (tertiary/aromatic N) is 3. The quantitative estimate of drug-likeness (QED) is 0.700. The lowest BCUT2D eigenvalue weighted by Gasteiger charge is -2.30. The molecule has 0 bridgehead atoms. The molecule has 1 saturated heterocycles. The molecule has 1 aliphatic heterocycles. The number of aromatic nitrogens is 1. The molecule has 1 fully saturated rings. The summed E-state index contributed by atoms with van der Waals surface area (Å²) in [4.78, 5) is 18.8. The number of nitrogens with one attached hydrogen (secondary N) is 1. The minimum absolute atomic E-state index is 0.00626. The number of amides is 1. The Balaban J connectivity index is 1.55. The first kappa shape index (κ1) is 22.8. The van der Waals surface area contributed by atoms with Crippen molar-refractivity contribution in [2.45, 2.75) is 24.3 Å². The number of carbonyl (C=O) groups is 1. The predicted octanol–water partition coefficient (Wildman–Crippen LogP) is 3.17. The molecular formula is C20H24Cl2N4O3S. The Morgan fingerprint density at radius 1 is 1.20 bits per heavy atom. The molecule has 7 nitrogen and oxygen atoms in total. The number of anilines is 1. The van der Waals surface area contributed by atoms with Crippen LogP contribution in [0.15, 0.2) is 41.4 Å². The number of pyridine rings is 1. The molecule has 2 aromatic rings. The smallest absolute Gasteiger partial charge is 0.244 e. The van der Waals surface area contributed by atoms with Crippen LogP contribution in [0.4, 0.5) is 5.82 Å². The van der Waals surface area contributed by atoms with Crippen molar-refractivity contribution in [3.8, 4) is 0 Å². The Morgan fingerprint density at radius 3 is 2.50 bits per heavy atom. The van der Waals surface area contributed by atoms with Crippen molar-refractivity contribution in [3.63, 3.8) is 0 Å². The first-order valence-corrected chi connectivity index (χ1v) is 11.7. The van der Waals surface area contributed by atoms with E-state index in [1.165, 1.54) is 16.4 Å². The summed E-state index contributed by atoms with van der Waals surface area (Å²) in [7, 11) is 0.0690. The number of hydrogen-bond acceptors (Lipinski definition) is 5. The fraction of sp³-hybridized carbons (Fsp3) is 0.400. The third kappa shape index (κ3) is 5.24. The number of benzene rings is 1. The van der Waals surface area contributed by atoms with Gasteiger partial charge in [-0.3, -0.25) is 4.79 Å². The van der Waals surface area contributed by atoms with Gasteiger partial charge in [-0.05, 0) is 42.7 Å². The summed E-state index contributed by atoms with van der Waals surface area (Å²) >= 11 is 12.0. The SMILES string of the molecule is CN(C)c1ccc(CNC(=O)C2CCN(S(=O)(=O)c3cc(Cl)ccc3Cl)CC2)cn1. The molecule has 0 saturated carbocycles. The van der Waals surface area contributed by atoms with Crippen LogP contribution in [0.3, 0.4) is 0 Å². The highest BCUT2D eigenvalue weighted by Crippen LogP contribution is 2.30. The van der Waals surface area contributed by atoms with Gasteiger partial charge < -0.3 is 10.2 Å². The first-order chi connectivity index (χ1) is 14.2. The molecule has 1 aromatic heterocycles. The molecule has 0 unspecified atom stereocenters. The molecule has 162 valence electrons. The van der Waals surface area contributed by atoms with Crippen LogP contribution in [-0.2, 0) is 21.4 Å². The van der Waals surface area contributed by atoms with Crippen LogP contribution in [0, 0.1) is 5.92 Å². The molecule has 30 heavy (non-hydrogen) atoms. The van der Waals surface area contributed by atoms with Gasteiger partial charge in [0.15, 0.2) is 0 Å². The van der Waals surface area contributed by atoms with Gasteiger partial charge in [0.25, 0.3) is 0 Å². The van der Waals surface area contributed by atoms with Crippen molar-refractivity contribution in [3.05, 3.63) is 52.1 Å². The monoisotopic (exact) mass is 470 g/mol. The lowest BCUT2D eigenvalue weighted by atomic mass is 9.97. The maximum atomic E-state index is 12.9. The molecule has 0 aliphatic carbocycles. The van der Waals surface area contributed by atoms with Crippen molar-refractivity contribution < 1.29 is 13.2 Å². The van der Waals surface area contributed by atoms with E-state index in [1.54, 1.807) is 12.3 Å². The maximum absolute atomic E-state index is 12.9. The lowest BCUT2D eigenvalue weighted by molar-refractivity contribution is -0.126. The summed E-state index contributed by atoms with van der Waals surface area (Å²) < 4.78 is 27.1. The van der Waals surface area contributed by atoms with E-state index in [2.05, 4.69) is 10.3 Å². The van der Waals surface area contributed by atoms with E-state index in [9.17, 15) is 13.2 Å². The van der Waals surface area contributed by atoms with Gasteiger partial charge in [-0.1, -0.05) is 29.3 Å². The first-order valence-electron chi connectivity index (χ1n) is 9.53. The van der Waals surface area contributed by atoms with E-state index in [1.807, 2.05) is 31.1 Å². The van der Waals surface area contributed by atoms with Gasteiger partial charge in [0.05, 0.1) is 5.02 Å². The molecule has 1 N–H and O–H groups in total. The van der Waals surface area contributed by atoms with Gasteiger partial charge in [0.1, 0.15) is 10.7 Å². The van der Waals surface area contributed by atoms with Gasteiger partial charge in [-0.25, -0.2) is 13.4 Å². The summed E-state index contributed by atoms with van der Waals surface area (Å²) in [6, 6.07) is 8.19. The van der Waals surface area contributed by atoms with Crippen LogP contribution in [0.1, 0.15) is 18.4 Å². The zero-order valence-electron chi connectivity index (χ0n) is 16.8. The number of piperidine rings is 1. The number of sulfonamides is 1. The van der Waals surface area contributed by atoms with Crippen LogP contribution < -0.4 is 10.2 Å². The van der Waals surface area contributed by atoms with Crippen molar-refractivity contribution in [1.82, 2.24) is 14.6 Å². The third-order valence-corrected chi connectivity index (χ3v) is 7.69. The number of carbonyl (C=O) groups excluding carboxylic acids is 1. The largest absolute Gasteiger partial charge is 0.363 e. The lowest BCUT2D eigenvalue weighted by Crippen LogP contribution is -2.42. The average Bonchev–Trinajstić information content (AvgIpc) is 2.74. The van der Waals surface area contributed by atoms with E-state index < -0.39 is 10.0 Å². The Kier molecular flexibility index (Phi) is 7.23. The van der Waals surface area contributed by atoms with E-state index in [-0.39, 0.29) is 34.8 Å². The molecule has 0 spiro atoms. The Labute approximate surface area is 187 Å². The molecule has 1 aliphatic rings. The second-order valence-corrected chi connectivity index (χ2v) is 10.1. The van der Waals surface area contributed by atoms with Crippen molar-refractivity contribution in [1.29, 1.82) is 0 Å². The molecule has 0 atom stereocenters. The van der Waals surface area contributed by atoms with Crippen LogP contribution in [-0.4, -0.2) is 50.8 Å². The van der Waals surface area contributed by atoms with Gasteiger partial charge >= 0.3 is 0 Å². The standard InChI is InChI=1S/C20H24Cl2N4O3S/c1-25(2)19-6-3-14(12-23-19)13-24-20(27)15-7-9-26(10-8-15)30(28,29)18-11-16(21)4-5-17(18)22/h3-6,11-12,15H,7-10,13H2,1-2H3,(H,24,27). The summed E-state index contributed by atoms with van der Waals surface area (Å²) in [6.45, 7) is 0.890. The number of hydrogen-bond donors (Lipinski definition) is 1. The highest BCUT2D eigenvalue weighted by atomic mass is 35.5. The van der Waals surface area contributed by atoms with E-state index in [4.69, 9.17) is 23.2 Å². The topological polar surface area (TPSA) is 82.6 Å². The van der Waals surface area contributed by atoms with E-state index in [0.717, 1.165) is 11.4 Å². The van der Waals surface area contributed by atoms with Crippen LogP contribution in [0.5, 0.6) is 0 Å². The van der Waals surface area contributed by atoms with Gasteiger partial charge in [0.2, 0.25) is 15.9 Å². The predicted molar refractivity (Wildman–Crippen MR) is 118 cm³/mol. The maximum Gasteiger partial charge on any atom is 0.244 e. The minimum atomic E-state index is -3.76. The second-order valence-electron chi connectivity index (χ2n) is 7.39. The minimum Gasteiger partial charge on any atom is -0.363 e. The fourth-order valence-corrected chi connectivity index (χ4v) is 5.50. The van der Waals surface area contributed by atoms with Crippen molar-refractivity contribution in [2.24, 2.45) is 5.92 Å². The summed E-state index contributed by atoms with van der Waals surface area (Å²) in [5, 5.41) is 3.36. The van der Waals surface area contributed by atoms with Crippen molar-refractivity contribution >= 4 is 45.0 Å². The highest BCUT2D eigenvalue weighted by molar-refractivity contribution is 7.89. The summed E-state index contributed by atoms with van der Waals surface area (Å²) in [5.41, 5.74) is 0.907. The Hall–Kier alpha value is -1.87. The summed E-state index contributed by atoms with van der Waals surface area (Å²) in [5.74, 6) is 0.531. The second kappa shape index (κ2) is 9.51. The Bertz CT molecular complexity index is 1010. The average molecular weight is 471 g/mol. The molecule has 1 aromatic carbocycles. The molecule has 2 heterocycles. The molecule has 0 radical (unpaired) electrons. The zero-order valence-corrected chi connectivity index (χ0v) is 19.1. The van der Waals surface area contributed by atoms with E-state index in [0.29, 0.717) is 24.4 Å². The van der Waals surface area contributed by atoms with Crippen molar-refractivity contribution in [2.75, 3.05) is 32.1 Å². The van der Waals surface area contributed by atoms with Crippen LogP contribution in [0.25, 0.3) is 0 Å². The van der Waals surface area contributed by atoms with Crippen LogP contribution in [0.2, 0.25) is 10.0 Å². The van der Waals surface area contributed by atoms with Crippen LogP contribution >= 0.6 is 23.2 Å². The fourth-order valence-electron chi connectivity index (χ4n) is 3.29. The molecule has 10 heteroatoms. The number of rotatable bonds is 6. The summed E-state index contributed by atoms with van der Waals surface area (Å²) in [6.07, 6.45) is 2.63. The van der Waals surface area contributed by atoms with Gasteiger partial charge in [-0.2, -0.15) is 4.31 Å². The Morgan fingerprint density at radius 2 is 1.90 bits per heavy atom. The normalized spacial score (nSPS) is 15.7. The molecule has 1 amide bonds. The number of halogens is 2. The highest BCUT2D eigenvalue weighted by Gasteiger charge is 2.33. The van der Waals surface area contributed by atoms with Gasteiger partial charge in [0, 0.05) is 50.9 Å². The third-order valence-electron chi connectivity index (χ3n) is 5.07. The van der Waals surface area contributed by atoms with Gasteiger partial charge in [-0.15, -0.1) is 0 Å². The van der Waals surface area contributed by atoms with E-state index >= 15 is 0 Å². The zero-order chi connectivity index (χ0) is 21.9. The molecular weight excluding hydrogens is 447 g/mol. The molecule has 3 rings (SSSR count).